The van der Waals surface area contributed by atoms with Gasteiger partial charge in [0.2, 0.25) is 5.76 Å². The highest BCUT2D eigenvalue weighted by Gasteiger charge is 2.22. The van der Waals surface area contributed by atoms with E-state index in [2.05, 4.69) is 21.1 Å². The number of aromatic nitrogens is 1. The number of methoxy groups -OCH3 is 1. The van der Waals surface area contributed by atoms with Gasteiger partial charge in [-0.25, -0.2) is 0 Å². The molecule has 0 aliphatic carbocycles. The molecule has 3 rings (SSSR count). The van der Waals surface area contributed by atoms with Gasteiger partial charge >= 0.3 is 5.69 Å². The molecule has 0 aliphatic rings. The van der Waals surface area contributed by atoms with Gasteiger partial charge in [0.15, 0.2) is 17.2 Å². The average Bonchev–Trinajstić information content (AvgIpc) is 3.07. The molecule has 9 heteroatoms. The van der Waals surface area contributed by atoms with Crippen molar-refractivity contribution in [1.29, 1.82) is 0 Å². The van der Waals surface area contributed by atoms with Crippen molar-refractivity contribution >= 4 is 45.4 Å². The third-order valence-corrected chi connectivity index (χ3v) is 5.01. The Morgan fingerprint density at radius 1 is 1.31 bits per heavy atom. The van der Waals surface area contributed by atoms with Crippen molar-refractivity contribution in [3.63, 3.8) is 0 Å². The lowest BCUT2D eigenvalue weighted by atomic mass is 10.1. The maximum atomic E-state index is 11.1. The van der Waals surface area contributed by atoms with Crippen molar-refractivity contribution in [2.75, 3.05) is 7.11 Å². The van der Waals surface area contributed by atoms with Gasteiger partial charge in [0, 0.05) is 10.6 Å². The number of hydrogen-bond donors (Lipinski definition) is 0. The number of nitro groups is 1. The van der Waals surface area contributed by atoms with E-state index in [-0.39, 0.29) is 23.7 Å². The molecule has 1 aromatic heterocycles. The number of rotatable bonds is 7. The van der Waals surface area contributed by atoms with Gasteiger partial charge < -0.3 is 14.0 Å². The summed E-state index contributed by atoms with van der Waals surface area (Å²) in [6, 6.07) is 11.0. The molecular weight excluding hydrogens is 464 g/mol. The van der Waals surface area contributed by atoms with Gasteiger partial charge in [0.1, 0.15) is 6.61 Å². The van der Waals surface area contributed by atoms with Crippen LogP contribution in [0.1, 0.15) is 22.6 Å². The van der Waals surface area contributed by atoms with Crippen LogP contribution in [0.3, 0.4) is 0 Å². The molecule has 0 amide bonds. The standard InChI is InChI=1S/C20H16BrClN2O5/c1-12-19(24(25)26)17(29-23-12)8-7-13-9-15(21)20(18(10-13)27-2)28-11-14-5-3-4-6-16(14)22/h3-10H,11H2,1-2H3/b8-7-. The monoisotopic (exact) mass is 478 g/mol. The van der Waals surface area contributed by atoms with Crippen LogP contribution in [0.5, 0.6) is 11.5 Å². The van der Waals surface area contributed by atoms with Crippen molar-refractivity contribution in [2.45, 2.75) is 13.5 Å². The largest absolute Gasteiger partial charge is 0.493 e. The molecule has 7 nitrogen and oxygen atoms in total. The van der Waals surface area contributed by atoms with E-state index in [1.165, 1.54) is 20.1 Å². The van der Waals surface area contributed by atoms with Crippen molar-refractivity contribution in [1.82, 2.24) is 5.16 Å². The van der Waals surface area contributed by atoms with Crippen LogP contribution >= 0.6 is 27.5 Å². The highest BCUT2D eigenvalue weighted by molar-refractivity contribution is 9.10. The zero-order valence-corrected chi connectivity index (χ0v) is 17.9. The molecule has 150 valence electrons. The first-order valence-electron chi connectivity index (χ1n) is 8.43. The number of nitrogens with zero attached hydrogens (tertiary/aromatic N) is 2. The minimum absolute atomic E-state index is 0.0710. The van der Waals surface area contributed by atoms with E-state index in [4.69, 9.17) is 25.6 Å². The lowest BCUT2D eigenvalue weighted by Crippen LogP contribution is -1.99. The van der Waals surface area contributed by atoms with Crippen LogP contribution in [0.15, 0.2) is 45.4 Å². The summed E-state index contributed by atoms with van der Waals surface area (Å²) in [6.07, 6.45) is 3.15. The number of ether oxygens (including phenoxy) is 2. The van der Waals surface area contributed by atoms with Crippen LogP contribution in [0, 0.1) is 17.0 Å². The summed E-state index contributed by atoms with van der Waals surface area (Å²) in [4.78, 5) is 10.6. The maximum absolute atomic E-state index is 11.1. The van der Waals surface area contributed by atoms with Crippen LogP contribution in [-0.4, -0.2) is 17.2 Å². The fraction of sp³-hybridized carbons (Fsp3) is 0.150. The topological polar surface area (TPSA) is 87.6 Å². The predicted octanol–water partition coefficient (Wildman–Crippen LogP) is 6.07. The number of aryl methyl sites for hydroxylation is 1. The van der Waals surface area contributed by atoms with E-state index in [0.29, 0.717) is 21.0 Å². The van der Waals surface area contributed by atoms with E-state index in [0.717, 1.165) is 11.1 Å². The summed E-state index contributed by atoms with van der Waals surface area (Å²) in [5, 5.41) is 15.4. The molecule has 0 N–H and O–H groups in total. The molecular formula is C20H16BrClN2O5. The quantitative estimate of drug-likeness (QED) is 0.302. The van der Waals surface area contributed by atoms with Gasteiger partial charge in [0.25, 0.3) is 0 Å². The zero-order chi connectivity index (χ0) is 21.0. The molecule has 0 unspecified atom stereocenters. The van der Waals surface area contributed by atoms with Gasteiger partial charge in [0.05, 0.1) is 16.5 Å². The summed E-state index contributed by atoms with van der Waals surface area (Å²) in [7, 11) is 1.53. The Balaban J connectivity index is 1.85. The molecule has 0 aliphatic heterocycles. The van der Waals surface area contributed by atoms with Gasteiger partial charge in [-0.05, 0) is 52.7 Å². The van der Waals surface area contributed by atoms with Crippen LogP contribution in [0.2, 0.25) is 5.02 Å². The third-order valence-electron chi connectivity index (χ3n) is 4.05. The lowest BCUT2D eigenvalue weighted by molar-refractivity contribution is -0.386. The van der Waals surface area contributed by atoms with Crippen molar-refractivity contribution in [2.24, 2.45) is 0 Å². The summed E-state index contributed by atoms with van der Waals surface area (Å²) in [5.41, 5.74) is 1.63. The van der Waals surface area contributed by atoms with Crippen molar-refractivity contribution < 1.29 is 18.9 Å². The second kappa shape index (κ2) is 9.11. The molecule has 0 atom stereocenters. The lowest BCUT2D eigenvalue weighted by Gasteiger charge is -2.14. The first-order valence-corrected chi connectivity index (χ1v) is 9.60. The smallest absolute Gasteiger partial charge is 0.338 e. The minimum Gasteiger partial charge on any atom is -0.493 e. The first-order chi connectivity index (χ1) is 13.9. The molecule has 0 saturated carbocycles. The van der Waals surface area contributed by atoms with Crippen LogP contribution in [-0.2, 0) is 6.61 Å². The fourth-order valence-electron chi connectivity index (χ4n) is 2.63. The third kappa shape index (κ3) is 4.78. The maximum Gasteiger partial charge on any atom is 0.338 e. The zero-order valence-electron chi connectivity index (χ0n) is 15.5. The predicted molar refractivity (Wildman–Crippen MR) is 113 cm³/mol. The highest BCUT2D eigenvalue weighted by Crippen LogP contribution is 2.38. The number of benzene rings is 2. The van der Waals surface area contributed by atoms with E-state index >= 15 is 0 Å². The average molecular weight is 480 g/mol. The highest BCUT2D eigenvalue weighted by atomic mass is 79.9. The second-order valence-corrected chi connectivity index (χ2v) is 7.25. The normalized spacial score (nSPS) is 11.0. The molecule has 3 aromatic rings. The SMILES string of the molecule is COc1cc(/C=C\c2onc(C)c2[N+](=O)[O-])cc(Br)c1OCc1ccccc1Cl. The Labute approximate surface area is 180 Å². The van der Waals surface area contributed by atoms with Crippen LogP contribution < -0.4 is 9.47 Å². The Morgan fingerprint density at radius 2 is 2.07 bits per heavy atom. The molecule has 29 heavy (non-hydrogen) atoms. The molecule has 1 heterocycles. The van der Waals surface area contributed by atoms with E-state index in [1.54, 1.807) is 24.3 Å². The van der Waals surface area contributed by atoms with Crippen molar-refractivity contribution in [3.05, 3.63) is 78.6 Å². The van der Waals surface area contributed by atoms with Crippen molar-refractivity contribution in [3.8, 4) is 11.5 Å². The summed E-state index contributed by atoms with van der Waals surface area (Å²) < 4.78 is 17.0. The number of hydrogen-bond acceptors (Lipinski definition) is 6. The second-order valence-electron chi connectivity index (χ2n) is 5.99. The van der Waals surface area contributed by atoms with Crippen LogP contribution in [0.25, 0.3) is 12.2 Å². The molecule has 0 fully saturated rings. The summed E-state index contributed by atoms with van der Waals surface area (Å²) in [5.74, 6) is 1.09. The summed E-state index contributed by atoms with van der Waals surface area (Å²) >= 11 is 9.65. The van der Waals surface area contributed by atoms with Gasteiger partial charge in [-0.2, -0.15) is 0 Å². The van der Waals surface area contributed by atoms with E-state index < -0.39 is 4.92 Å². The number of halogens is 2. The summed E-state index contributed by atoms with van der Waals surface area (Å²) in [6.45, 7) is 1.79. The van der Waals surface area contributed by atoms with Gasteiger partial charge in [-0.3, -0.25) is 10.1 Å². The van der Waals surface area contributed by atoms with Gasteiger partial charge in [-0.15, -0.1) is 0 Å². The fourth-order valence-corrected chi connectivity index (χ4v) is 3.39. The molecule has 0 bridgehead atoms. The van der Waals surface area contributed by atoms with E-state index in [9.17, 15) is 10.1 Å². The Kier molecular flexibility index (Phi) is 6.56. The first kappa shape index (κ1) is 20.9. The Morgan fingerprint density at radius 3 is 2.76 bits per heavy atom. The van der Waals surface area contributed by atoms with Gasteiger partial charge in [-0.1, -0.05) is 41.0 Å². The molecule has 0 radical (unpaired) electrons. The Bertz CT molecular complexity index is 1080. The van der Waals surface area contributed by atoms with E-state index in [1.807, 2.05) is 18.2 Å². The molecule has 0 spiro atoms. The minimum atomic E-state index is -0.520. The van der Waals surface area contributed by atoms with Crippen LogP contribution in [0.4, 0.5) is 5.69 Å². The Hall–Kier alpha value is -2.84. The molecule has 0 saturated heterocycles. The molecule has 2 aromatic carbocycles.